The number of halogens is 1. The van der Waals surface area contributed by atoms with Crippen LogP contribution in [0.2, 0.25) is 5.02 Å². The Balaban J connectivity index is 2.06. The van der Waals surface area contributed by atoms with Gasteiger partial charge in [0.25, 0.3) is 0 Å². The molecule has 98 valence electrons. The first-order chi connectivity index (χ1) is 8.63. The van der Waals surface area contributed by atoms with E-state index in [0.29, 0.717) is 6.54 Å². The van der Waals surface area contributed by atoms with Gasteiger partial charge in [-0.15, -0.1) is 0 Å². The van der Waals surface area contributed by atoms with Gasteiger partial charge in [-0.05, 0) is 37.1 Å². The minimum absolute atomic E-state index is 0.0155. The minimum Gasteiger partial charge on any atom is -0.349 e. The van der Waals surface area contributed by atoms with Gasteiger partial charge in [-0.3, -0.25) is 4.79 Å². The molecule has 0 saturated carbocycles. The monoisotopic (exact) mass is 266 g/mol. The highest BCUT2D eigenvalue weighted by Gasteiger charge is 2.26. The van der Waals surface area contributed by atoms with Crippen molar-refractivity contribution >= 4 is 17.5 Å². The van der Waals surface area contributed by atoms with Gasteiger partial charge in [0.2, 0.25) is 5.91 Å². The predicted molar refractivity (Wildman–Crippen MR) is 73.7 cm³/mol. The number of fused-ring (bicyclic) bond motifs is 1. The summed E-state index contributed by atoms with van der Waals surface area (Å²) in [6.45, 7) is 2.63. The van der Waals surface area contributed by atoms with Gasteiger partial charge < -0.3 is 10.6 Å². The molecule has 1 amide bonds. The molecule has 0 saturated heterocycles. The van der Waals surface area contributed by atoms with Crippen LogP contribution in [0, 0.1) is 5.92 Å². The van der Waals surface area contributed by atoms with Crippen LogP contribution < -0.4 is 10.6 Å². The van der Waals surface area contributed by atoms with Gasteiger partial charge in [-0.2, -0.15) is 0 Å². The van der Waals surface area contributed by atoms with Gasteiger partial charge in [-0.25, -0.2) is 0 Å². The summed E-state index contributed by atoms with van der Waals surface area (Å²) in [7, 11) is 1.86. The van der Waals surface area contributed by atoms with Crippen molar-refractivity contribution in [1.29, 1.82) is 0 Å². The first kappa shape index (κ1) is 13.4. The van der Waals surface area contributed by atoms with Crippen LogP contribution in [0.15, 0.2) is 18.2 Å². The van der Waals surface area contributed by atoms with E-state index in [9.17, 15) is 4.79 Å². The van der Waals surface area contributed by atoms with Gasteiger partial charge in [-0.1, -0.05) is 30.7 Å². The van der Waals surface area contributed by atoms with E-state index in [1.54, 1.807) is 0 Å². The Kier molecular flexibility index (Phi) is 4.25. The molecule has 0 spiro atoms. The smallest absolute Gasteiger partial charge is 0.224 e. The fraction of sp³-hybridized carbons (Fsp3) is 0.500. The summed E-state index contributed by atoms with van der Waals surface area (Å²) in [4.78, 5) is 12.0. The van der Waals surface area contributed by atoms with E-state index in [4.69, 9.17) is 11.6 Å². The Hall–Kier alpha value is -1.06. The third-order valence-corrected chi connectivity index (χ3v) is 3.84. The van der Waals surface area contributed by atoms with Crippen molar-refractivity contribution < 1.29 is 4.79 Å². The van der Waals surface area contributed by atoms with Crippen molar-refractivity contribution in [2.45, 2.75) is 25.8 Å². The summed E-state index contributed by atoms with van der Waals surface area (Å²) in [6, 6.07) is 6.03. The molecule has 1 aliphatic carbocycles. The fourth-order valence-corrected chi connectivity index (χ4v) is 2.75. The molecule has 0 aromatic heterocycles. The van der Waals surface area contributed by atoms with Gasteiger partial charge in [0.1, 0.15) is 0 Å². The number of nitrogens with one attached hydrogen (secondary N) is 2. The highest BCUT2D eigenvalue weighted by Crippen LogP contribution is 2.35. The van der Waals surface area contributed by atoms with E-state index >= 15 is 0 Å². The maximum absolute atomic E-state index is 12.0. The standard InChI is InChI=1S/C14H19ClN2O/c1-9(8-16-2)14(18)17-13-7-6-10-11(13)4-3-5-12(10)15/h3-5,9,13,16H,6-8H2,1-2H3,(H,17,18). The highest BCUT2D eigenvalue weighted by molar-refractivity contribution is 6.31. The van der Waals surface area contributed by atoms with Gasteiger partial charge in [0.05, 0.1) is 6.04 Å². The lowest BCUT2D eigenvalue weighted by atomic mass is 10.1. The van der Waals surface area contributed by atoms with Gasteiger partial charge in [0.15, 0.2) is 0 Å². The molecule has 1 aromatic rings. The molecular formula is C14H19ClN2O. The first-order valence-corrected chi connectivity index (χ1v) is 6.73. The van der Waals surface area contributed by atoms with E-state index in [2.05, 4.69) is 16.7 Å². The molecule has 3 nitrogen and oxygen atoms in total. The SMILES string of the molecule is CNCC(C)C(=O)NC1CCc2c(Cl)cccc21. The van der Waals surface area contributed by atoms with E-state index in [1.165, 1.54) is 11.1 Å². The van der Waals surface area contributed by atoms with Crippen molar-refractivity contribution in [2.24, 2.45) is 5.92 Å². The molecule has 0 bridgehead atoms. The zero-order valence-electron chi connectivity index (χ0n) is 10.8. The lowest BCUT2D eigenvalue weighted by Gasteiger charge is -2.17. The first-order valence-electron chi connectivity index (χ1n) is 6.35. The second-order valence-corrected chi connectivity index (χ2v) is 5.27. The third-order valence-electron chi connectivity index (χ3n) is 3.49. The normalized spacial score (nSPS) is 19.4. The summed E-state index contributed by atoms with van der Waals surface area (Å²) < 4.78 is 0. The zero-order chi connectivity index (χ0) is 13.1. The maximum atomic E-state index is 12.0. The van der Waals surface area contributed by atoms with Crippen LogP contribution in [0.4, 0.5) is 0 Å². The molecule has 0 fully saturated rings. The van der Waals surface area contributed by atoms with Crippen molar-refractivity contribution in [3.63, 3.8) is 0 Å². The van der Waals surface area contributed by atoms with Crippen LogP contribution in [-0.2, 0) is 11.2 Å². The molecule has 2 rings (SSSR count). The molecule has 1 aliphatic rings. The third kappa shape index (κ3) is 2.68. The second kappa shape index (κ2) is 5.72. The molecule has 0 aliphatic heterocycles. The molecular weight excluding hydrogens is 248 g/mol. The maximum Gasteiger partial charge on any atom is 0.224 e. The Morgan fingerprint density at radius 1 is 1.56 bits per heavy atom. The number of rotatable bonds is 4. The summed E-state index contributed by atoms with van der Waals surface area (Å²) >= 11 is 6.16. The molecule has 0 radical (unpaired) electrons. The minimum atomic E-state index is -0.0155. The van der Waals surface area contributed by atoms with E-state index in [0.717, 1.165) is 17.9 Å². The molecule has 4 heteroatoms. The van der Waals surface area contributed by atoms with Crippen LogP contribution in [-0.4, -0.2) is 19.5 Å². The Labute approximate surface area is 113 Å². The predicted octanol–water partition coefficient (Wildman–Crippen LogP) is 2.30. The van der Waals surface area contributed by atoms with Crippen LogP contribution in [0.1, 0.15) is 30.5 Å². The van der Waals surface area contributed by atoms with Crippen molar-refractivity contribution in [1.82, 2.24) is 10.6 Å². The number of hydrogen-bond donors (Lipinski definition) is 2. The average Bonchev–Trinajstić information content (AvgIpc) is 2.74. The molecule has 2 N–H and O–H groups in total. The molecule has 0 heterocycles. The summed E-state index contributed by atoms with van der Waals surface area (Å²) in [5.41, 5.74) is 2.36. The lowest BCUT2D eigenvalue weighted by Crippen LogP contribution is -2.36. The summed E-state index contributed by atoms with van der Waals surface area (Å²) in [5.74, 6) is 0.0837. The van der Waals surface area contributed by atoms with Gasteiger partial charge >= 0.3 is 0 Å². The second-order valence-electron chi connectivity index (χ2n) is 4.87. The number of benzene rings is 1. The lowest BCUT2D eigenvalue weighted by molar-refractivity contribution is -0.125. The fourth-order valence-electron chi connectivity index (χ4n) is 2.47. The highest BCUT2D eigenvalue weighted by atomic mass is 35.5. The van der Waals surface area contributed by atoms with Crippen molar-refractivity contribution in [3.05, 3.63) is 34.3 Å². The number of carbonyl (C=O) groups excluding carboxylic acids is 1. The Morgan fingerprint density at radius 3 is 3.06 bits per heavy atom. The number of amides is 1. The van der Waals surface area contributed by atoms with Crippen LogP contribution in [0.3, 0.4) is 0 Å². The molecule has 2 unspecified atom stereocenters. The molecule has 18 heavy (non-hydrogen) atoms. The molecule has 1 aromatic carbocycles. The number of hydrogen-bond acceptors (Lipinski definition) is 2. The van der Waals surface area contributed by atoms with Crippen LogP contribution >= 0.6 is 11.6 Å². The van der Waals surface area contributed by atoms with Crippen molar-refractivity contribution in [3.8, 4) is 0 Å². The topological polar surface area (TPSA) is 41.1 Å². The van der Waals surface area contributed by atoms with Crippen molar-refractivity contribution in [2.75, 3.05) is 13.6 Å². The van der Waals surface area contributed by atoms with E-state index in [1.807, 2.05) is 26.1 Å². The largest absolute Gasteiger partial charge is 0.349 e. The Morgan fingerprint density at radius 2 is 2.33 bits per heavy atom. The number of carbonyl (C=O) groups is 1. The quantitative estimate of drug-likeness (QED) is 0.878. The van der Waals surface area contributed by atoms with Crippen LogP contribution in [0.5, 0.6) is 0 Å². The zero-order valence-corrected chi connectivity index (χ0v) is 11.6. The van der Waals surface area contributed by atoms with Gasteiger partial charge in [0, 0.05) is 17.5 Å². The van der Waals surface area contributed by atoms with Crippen LogP contribution in [0.25, 0.3) is 0 Å². The summed E-state index contributed by atoms with van der Waals surface area (Å²) in [5, 5.41) is 6.94. The van der Waals surface area contributed by atoms with E-state index < -0.39 is 0 Å². The Bertz CT molecular complexity index is 447. The summed E-state index contributed by atoms with van der Waals surface area (Å²) in [6.07, 6.45) is 1.89. The average molecular weight is 267 g/mol. The van der Waals surface area contributed by atoms with E-state index in [-0.39, 0.29) is 17.9 Å². The molecule has 2 atom stereocenters.